The van der Waals surface area contributed by atoms with Gasteiger partial charge in [0.2, 0.25) is 0 Å². The van der Waals surface area contributed by atoms with Gasteiger partial charge in [-0.3, -0.25) is 0 Å². The Labute approximate surface area is 124 Å². The molecule has 0 radical (unpaired) electrons. The van der Waals surface area contributed by atoms with Crippen LogP contribution in [0.5, 0.6) is 0 Å². The second-order valence-electron chi connectivity index (χ2n) is 4.61. The van der Waals surface area contributed by atoms with Crippen LogP contribution >= 0.6 is 22.9 Å². The summed E-state index contributed by atoms with van der Waals surface area (Å²) in [6.45, 7) is 1.87. The summed E-state index contributed by atoms with van der Waals surface area (Å²) in [5, 5.41) is 2.50. The first-order chi connectivity index (χ1) is 9.29. The summed E-state index contributed by atoms with van der Waals surface area (Å²) in [5.74, 6) is 0. The van der Waals surface area contributed by atoms with Crippen LogP contribution in [0.3, 0.4) is 0 Å². The van der Waals surface area contributed by atoms with Crippen LogP contribution < -0.4 is 5.73 Å². The van der Waals surface area contributed by atoms with Gasteiger partial charge in [0, 0.05) is 10.9 Å². The van der Waals surface area contributed by atoms with Gasteiger partial charge in [-0.1, -0.05) is 29.8 Å². The highest BCUT2D eigenvalue weighted by Gasteiger charge is 2.30. The van der Waals surface area contributed by atoms with Crippen molar-refractivity contribution in [1.82, 2.24) is 0 Å². The molecule has 2 N–H and O–H groups in total. The van der Waals surface area contributed by atoms with Crippen molar-refractivity contribution in [1.29, 1.82) is 0 Å². The van der Waals surface area contributed by atoms with Crippen molar-refractivity contribution in [3.63, 3.8) is 0 Å². The van der Waals surface area contributed by atoms with Crippen LogP contribution in [-0.2, 0) is 12.6 Å². The summed E-state index contributed by atoms with van der Waals surface area (Å²) in [6, 6.07) is 4.82. The number of hydrogen-bond donors (Lipinski definition) is 1. The smallest absolute Gasteiger partial charge is 0.323 e. The average molecular weight is 320 g/mol. The number of alkyl halides is 3. The van der Waals surface area contributed by atoms with Gasteiger partial charge in [0.05, 0.1) is 10.6 Å². The predicted molar refractivity (Wildman–Crippen MR) is 76.1 cm³/mol. The lowest BCUT2D eigenvalue weighted by Crippen LogP contribution is -2.13. The summed E-state index contributed by atoms with van der Waals surface area (Å²) in [7, 11) is 0. The fourth-order valence-corrected chi connectivity index (χ4v) is 3.26. The molecule has 2 aromatic rings. The number of benzene rings is 1. The Bertz CT molecular complexity index is 607. The van der Waals surface area contributed by atoms with E-state index in [0.29, 0.717) is 17.0 Å². The Kier molecular flexibility index (Phi) is 4.42. The summed E-state index contributed by atoms with van der Waals surface area (Å²) in [5.41, 5.74) is 6.87. The zero-order valence-electron chi connectivity index (χ0n) is 10.7. The monoisotopic (exact) mass is 319 g/mol. The largest absolute Gasteiger partial charge is 0.416 e. The summed E-state index contributed by atoms with van der Waals surface area (Å²) >= 11 is 7.56. The standard InChI is InChI=1S/C14H13ClF3NS/c1-8-7-20-13(12(8)15)11(19)6-9-3-2-4-10(5-9)14(16,17)18/h2-5,7,11H,6,19H2,1H3. The molecule has 1 aromatic carbocycles. The van der Waals surface area contributed by atoms with E-state index in [1.807, 2.05) is 12.3 Å². The number of nitrogens with two attached hydrogens (primary N) is 1. The maximum absolute atomic E-state index is 12.6. The topological polar surface area (TPSA) is 26.0 Å². The Hall–Kier alpha value is -1.04. The molecule has 0 saturated heterocycles. The molecule has 0 aliphatic carbocycles. The highest BCUT2D eigenvalue weighted by molar-refractivity contribution is 7.10. The lowest BCUT2D eigenvalue weighted by Gasteiger charge is -2.13. The van der Waals surface area contributed by atoms with Crippen LogP contribution in [0.4, 0.5) is 13.2 Å². The number of rotatable bonds is 3. The van der Waals surface area contributed by atoms with E-state index in [-0.39, 0.29) is 0 Å². The maximum Gasteiger partial charge on any atom is 0.416 e. The van der Waals surface area contributed by atoms with Crippen molar-refractivity contribution >= 4 is 22.9 Å². The van der Waals surface area contributed by atoms with Crippen molar-refractivity contribution in [2.45, 2.75) is 25.6 Å². The van der Waals surface area contributed by atoms with Gasteiger partial charge in [0.15, 0.2) is 0 Å². The molecule has 2 rings (SSSR count). The molecule has 0 spiro atoms. The Balaban J connectivity index is 2.20. The first-order valence-corrected chi connectivity index (χ1v) is 7.20. The average Bonchev–Trinajstić information content (AvgIpc) is 2.69. The van der Waals surface area contributed by atoms with E-state index >= 15 is 0 Å². The molecular weight excluding hydrogens is 307 g/mol. The second-order valence-corrected chi connectivity index (χ2v) is 5.89. The van der Waals surface area contributed by atoms with Crippen LogP contribution in [0, 0.1) is 6.92 Å². The number of aryl methyl sites for hydroxylation is 1. The summed E-state index contributed by atoms with van der Waals surface area (Å²) in [4.78, 5) is 0.807. The van der Waals surface area contributed by atoms with Crippen molar-refractivity contribution in [3.8, 4) is 0 Å². The molecule has 1 heterocycles. The SMILES string of the molecule is Cc1csc(C(N)Cc2cccc(C(F)(F)F)c2)c1Cl. The van der Waals surface area contributed by atoms with Gasteiger partial charge >= 0.3 is 6.18 Å². The molecule has 1 unspecified atom stereocenters. The van der Waals surface area contributed by atoms with Crippen LogP contribution in [0.2, 0.25) is 5.02 Å². The quantitative estimate of drug-likeness (QED) is 0.849. The van der Waals surface area contributed by atoms with Crippen LogP contribution in [-0.4, -0.2) is 0 Å². The van der Waals surface area contributed by atoms with Gasteiger partial charge in [-0.2, -0.15) is 13.2 Å². The number of halogens is 4. The summed E-state index contributed by atoms with van der Waals surface area (Å²) in [6.07, 6.45) is -4.01. The van der Waals surface area contributed by atoms with Gasteiger partial charge < -0.3 is 5.73 Å². The van der Waals surface area contributed by atoms with E-state index in [2.05, 4.69) is 0 Å². The lowest BCUT2D eigenvalue weighted by molar-refractivity contribution is -0.137. The van der Waals surface area contributed by atoms with E-state index < -0.39 is 17.8 Å². The van der Waals surface area contributed by atoms with Crippen molar-refractivity contribution in [2.24, 2.45) is 5.73 Å². The van der Waals surface area contributed by atoms with E-state index in [1.165, 1.54) is 17.4 Å². The molecule has 1 nitrogen and oxygen atoms in total. The van der Waals surface area contributed by atoms with E-state index in [1.54, 1.807) is 6.07 Å². The lowest BCUT2D eigenvalue weighted by atomic mass is 10.0. The van der Waals surface area contributed by atoms with E-state index in [4.69, 9.17) is 17.3 Å². The minimum Gasteiger partial charge on any atom is -0.323 e. The molecule has 0 fully saturated rings. The first kappa shape index (κ1) is 15.4. The van der Waals surface area contributed by atoms with Gasteiger partial charge in [-0.25, -0.2) is 0 Å². The number of thiophene rings is 1. The minimum atomic E-state index is -4.34. The second kappa shape index (κ2) is 5.76. The molecule has 0 amide bonds. The molecular formula is C14H13ClF3NS. The van der Waals surface area contributed by atoms with Gasteiger partial charge in [-0.15, -0.1) is 11.3 Å². The molecule has 0 saturated carbocycles. The van der Waals surface area contributed by atoms with Crippen molar-refractivity contribution < 1.29 is 13.2 Å². The normalized spacial score (nSPS) is 13.5. The zero-order chi connectivity index (χ0) is 14.9. The van der Waals surface area contributed by atoms with Crippen LogP contribution in [0.15, 0.2) is 29.6 Å². The number of hydrogen-bond acceptors (Lipinski definition) is 2. The first-order valence-electron chi connectivity index (χ1n) is 5.94. The van der Waals surface area contributed by atoms with Gasteiger partial charge in [-0.05, 0) is 35.9 Å². The molecule has 20 heavy (non-hydrogen) atoms. The Morgan fingerprint density at radius 3 is 2.60 bits per heavy atom. The molecule has 0 aliphatic rings. The van der Waals surface area contributed by atoms with Crippen molar-refractivity contribution in [2.75, 3.05) is 0 Å². The highest BCUT2D eigenvalue weighted by atomic mass is 35.5. The van der Waals surface area contributed by atoms with Gasteiger partial charge in [0.25, 0.3) is 0 Å². The van der Waals surface area contributed by atoms with Gasteiger partial charge in [0.1, 0.15) is 0 Å². The predicted octanol–water partition coefficient (Wildman–Crippen LogP) is 4.97. The van der Waals surface area contributed by atoms with Crippen molar-refractivity contribution in [3.05, 3.63) is 56.2 Å². The Morgan fingerprint density at radius 2 is 2.05 bits per heavy atom. The Morgan fingerprint density at radius 1 is 1.35 bits per heavy atom. The molecule has 1 aromatic heterocycles. The van der Waals surface area contributed by atoms with Crippen LogP contribution in [0.25, 0.3) is 0 Å². The molecule has 0 aliphatic heterocycles. The van der Waals surface area contributed by atoms with E-state index in [9.17, 15) is 13.2 Å². The molecule has 108 valence electrons. The fourth-order valence-electron chi connectivity index (χ4n) is 1.92. The fraction of sp³-hybridized carbons (Fsp3) is 0.286. The highest BCUT2D eigenvalue weighted by Crippen LogP contribution is 2.34. The minimum absolute atomic E-state index is 0.323. The summed E-state index contributed by atoms with van der Waals surface area (Å²) < 4.78 is 37.9. The maximum atomic E-state index is 12.6. The van der Waals surface area contributed by atoms with Crippen LogP contribution in [0.1, 0.15) is 27.6 Å². The molecule has 1 atom stereocenters. The molecule has 6 heteroatoms. The third-order valence-electron chi connectivity index (χ3n) is 2.97. The third kappa shape index (κ3) is 3.34. The molecule has 0 bridgehead atoms. The van der Waals surface area contributed by atoms with E-state index in [0.717, 1.165) is 22.6 Å². The zero-order valence-corrected chi connectivity index (χ0v) is 12.2. The third-order valence-corrected chi connectivity index (χ3v) is 4.82.